The van der Waals surface area contributed by atoms with E-state index in [2.05, 4.69) is 0 Å². The van der Waals surface area contributed by atoms with E-state index in [9.17, 15) is 24.0 Å². The zero-order valence-electron chi connectivity index (χ0n) is 37.9. The number of esters is 2. The first-order valence-corrected chi connectivity index (χ1v) is 21.4. The number of hydrogen-bond acceptors (Lipinski definition) is 14. The number of rotatable bonds is 11. The Kier molecular flexibility index (Phi) is 17.9. The Hall–Kier alpha value is -4.61. The minimum absolute atomic E-state index is 0.00360. The number of Topliss-reactive ketones (excluding diaryl/α,β-unsaturated/α-hetero) is 1. The highest BCUT2D eigenvalue weighted by Gasteiger charge is 2.52. The van der Waals surface area contributed by atoms with E-state index in [0.717, 1.165) is 5.56 Å². The Morgan fingerprint density at radius 1 is 0.968 bits per heavy atom. The summed E-state index contributed by atoms with van der Waals surface area (Å²) in [6, 6.07) is 16.7. The Labute approximate surface area is 366 Å². The van der Waals surface area contributed by atoms with E-state index in [1.165, 1.54) is 7.11 Å². The van der Waals surface area contributed by atoms with Crippen molar-refractivity contribution in [1.82, 2.24) is 9.80 Å². The maximum absolute atomic E-state index is 14.4. The second kappa shape index (κ2) is 22.1. The monoisotopic (exact) mass is 868 g/mol. The molecule has 344 valence electrons. The molecule has 62 heavy (non-hydrogen) atoms. The molecule has 2 aromatic carbocycles. The van der Waals surface area contributed by atoms with Gasteiger partial charge in [-0.25, -0.2) is 14.4 Å². The van der Waals surface area contributed by atoms with Gasteiger partial charge in [-0.15, -0.1) is 0 Å². The van der Waals surface area contributed by atoms with Crippen molar-refractivity contribution in [1.29, 1.82) is 0 Å². The van der Waals surface area contributed by atoms with Crippen LogP contribution in [0.1, 0.15) is 90.1 Å². The molecule has 2 amide bonds. The quantitative estimate of drug-likeness (QED) is 0.163. The van der Waals surface area contributed by atoms with Gasteiger partial charge >= 0.3 is 24.1 Å². The summed E-state index contributed by atoms with van der Waals surface area (Å²) in [5.41, 5.74) is 10.1. The Morgan fingerprint density at radius 3 is 2.16 bits per heavy atom. The molecular weight excluding hydrogens is 801 g/mol. The standard InChI is InChI=1S/C46H68N4O12/c1-11-37-46(7,62-43(48)54)30(4)31(5)50(44(55)57-27-32-18-14-12-15-19-32)26-28(2)24-45(6,56-10)40(29(3)36(51)23-38(52)59-37)61-42-39(35(49(8)9)22-34(25-47)58-42)60-41(53)33-20-16-13-17-21-33/h12-21,28-31,34-35,37,39-40,42H,11,22-27,47H2,1-10H3,(H2,48,54)/t28-,29+,30-,31-,34?,35?,37-,39?,40-,42+,45-,46+/m1/s1. The van der Waals surface area contributed by atoms with Gasteiger partial charge in [0.15, 0.2) is 18.0 Å². The second-order valence-corrected chi connectivity index (χ2v) is 17.4. The number of benzene rings is 2. The van der Waals surface area contributed by atoms with Crippen LogP contribution in [-0.4, -0.2) is 128 Å². The van der Waals surface area contributed by atoms with E-state index in [4.69, 9.17) is 44.6 Å². The molecule has 2 saturated heterocycles. The smallest absolute Gasteiger partial charge is 0.410 e. The van der Waals surface area contributed by atoms with E-state index in [-0.39, 0.29) is 38.5 Å². The van der Waals surface area contributed by atoms with Crippen LogP contribution in [0.3, 0.4) is 0 Å². The summed E-state index contributed by atoms with van der Waals surface area (Å²) >= 11 is 0. The lowest BCUT2D eigenvalue weighted by molar-refractivity contribution is -0.295. The number of nitrogens with two attached hydrogens (primary N) is 2. The van der Waals surface area contributed by atoms with Gasteiger partial charge in [-0.2, -0.15) is 0 Å². The van der Waals surface area contributed by atoms with Gasteiger partial charge in [0, 0.05) is 38.1 Å². The number of amides is 2. The second-order valence-electron chi connectivity index (χ2n) is 17.4. The van der Waals surface area contributed by atoms with Gasteiger partial charge in [-0.05, 0) is 77.7 Å². The predicted molar refractivity (Wildman–Crippen MR) is 230 cm³/mol. The first-order chi connectivity index (χ1) is 29.3. The number of cyclic esters (lactones) is 1. The highest BCUT2D eigenvalue weighted by molar-refractivity contribution is 5.97. The summed E-state index contributed by atoms with van der Waals surface area (Å²) in [5.74, 6) is -4.07. The number of nitrogens with zero attached hydrogens (tertiary/aromatic N) is 2. The number of likely N-dealkylation sites (N-methyl/N-ethyl adjacent to an activating group) is 1. The van der Waals surface area contributed by atoms with Gasteiger partial charge in [0.2, 0.25) is 0 Å². The van der Waals surface area contributed by atoms with Crippen LogP contribution in [-0.2, 0) is 49.4 Å². The van der Waals surface area contributed by atoms with Crippen molar-refractivity contribution in [2.24, 2.45) is 29.2 Å². The van der Waals surface area contributed by atoms with Gasteiger partial charge < -0.3 is 54.4 Å². The highest BCUT2D eigenvalue weighted by atomic mass is 16.7. The molecule has 3 unspecified atom stereocenters. The number of methoxy groups -OCH3 is 1. The molecule has 2 aliphatic heterocycles. The maximum Gasteiger partial charge on any atom is 0.410 e. The average molecular weight is 869 g/mol. The van der Waals surface area contributed by atoms with Crippen molar-refractivity contribution in [3.63, 3.8) is 0 Å². The normalized spacial score (nSPS) is 32.8. The number of primary amides is 1. The summed E-state index contributed by atoms with van der Waals surface area (Å²) in [4.78, 5) is 72.0. The van der Waals surface area contributed by atoms with Crippen molar-refractivity contribution >= 4 is 29.9 Å². The van der Waals surface area contributed by atoms with Crippen molar-refractivity contribution in [2.45, 2.75) is 135 Å². The summed E-state index contributed by atoms with van der Waals surface area (Å²) in [6.07, 6.45) is -6.51. The molecule has 0 bridgehead atoms. The van der Waals surface area contributed by atoms with Crippen molar-refractivity contribution in [3.8, 4) is 0 Å². The van der Waals surface area contributed by atoms with E-state index in [1.807, 2.05) is 56.3 Å². The molecule has 2 fully saturated rings. The number of carbonyl (C=O) groups excluding carboxylic acids is 5. The van der Waals surface area contributed by atoms with E-state index in [0.29, 0.717) is 12.0 Å². The third-order valence-corrected chi connectivity index (χ3v) is 12.7. The molecule has 4 N–H and O–H groups in total. The average Bonchev–Trinajstić information content (AvgIpc) is 3.24. The van der Waals surface area contributed by atoms with Gasteiger partial charge in [0.05, 0.1) is 29.4 Å². The fourth-order valence-electron chi connectivity index (χ4n) is 8.82. The highest BCUT2D eigenvalue weighted by Crippen LogP contribution is 2.39. The van der Waals surface area contributed by atoms with Gasteiger partial charge in [0.1, 0.15) is 24.9 Å². The van der Waals surface area contributed by atoms with Crippen LogP contribution in [0.15, 0.2) is 60.7 Å². The van der Waals surface area contributed by atoms with Crippen LogP contribution >= 0.6 is 0 Å². The largest absolute Gasteiger partial charge is 0.458 e. The number of hydrogen-bond donors (Lipinski definition) is 2. The summed E-state index contributed by atoms with van der Waals surface area (Å²) in [7, 11) is 5.21. The molecule has 0 saturated carbocycles. The Bertz CT molecular complexity index is 1800. The van der Waals surface area contributed by atoms with Crippen LogP contribution in [0, 0.1) is 17.8 Å². The van der Waals surface area contributed by atoms with Gasteiger partial charge in [-0.1, -0.05) is 76.2 Å². The summed E-state index contributed by atoms with van der Waals surface area (Å²) in [6.45, 7) is 12.5. The minimum atomic E-state index is -1.55. The molecule has 16 nitrogen and oxygen atoms in total. The zero-order valence-corrected chi connectivity index (χ0v) is 37.9. The number of carbonyl (C=O) groups is 5. The molecule has 16 heteroatoms. The SMILES string of the molecule is CC[C@H]1OC(=O)CC(=O)[C@H](C)[C@@H](O[C@@H]2OC(CN)CC(N(C)C)C2OC(=O)c2ccccc2)[C@](C)(OC)C[C@@H](C)CN(C(=O)OCc2ccccc2)[C@H](C)[C@@H](C)[C@]1(C)OC(N)=O. The van der Waals surface area contributed by atoms with Crippen molar-refractivity contribution in [3.05, 3.63) is 71.8 Å². The van der Waals surface area contributed by atoms with E-state index < -0.39 is 102 Å². The van der Waals surface area contributed by atoms with Gasteiger partial charge in [-0.3, -0.25) is 9.59 Å². The lowest BCUT2D eigenvalue weighted by Gasteiger charge is -2.48. The van der Waals surface area contributed by atoms with Gasteiger partial charge in [0.25, 0.3) is 0 Å². The molecule has 12 atom stereocenters. The fraction of sp³-hybridized carbons (Fsp3) is 0.630. The van der Waals surface area contributed by atoms with Crippen LogP contribution in [0.2, 0.25) is 0 Å². The third-order valence-electron chi connectivity index (χ3n) is 12.7. The summed E-state index contributed by atoms with van der Waals surface area (Å²) < 4.78 is 43.5. The third kappa shape index (κ3) is 12.3. The number of ether oxygens (including phenoxy) is 7. The first kappa shape index (κ1) is 50.0. The zero-order chi connectivity index (χ0) is 45.9. The molecule has 2 aromatic rings. The number of ketones is 1. The minimum Gasteiger partial charge on any atom is -0.458 e. The van der Waals surface area contributed by atoms with Crippen LogP contribution < -0.4 is 11.5 Å². The molecule has 2 aliphatic rings. The molecule has 2 heterocycles. The predicted octanol–water partition coefficient (Wildman–Crippen LogP) is 5.48. The molecule has 4 rings (SSSR count). The van der Waals surface area contributed by atoms with Crippen molar-refractivity contribution in [2.75, 3.05) is 34.3 Å². The maximum atomic E-state index is 14.4. The van der Waals surface area contributed by atoms with Crippen LogP contribution in [0.5, 0.6) is 0 Å². The fourth-order valence-corrected chi connectivity index (χ4v) is 8.82. The first-order valence-electron chi connectivity index (χ1n) is 21.4. The van der Waals surface area contributed by atoms with E-state index in [1.54, 1.807) is 76.8 Å². The summed E-state index contributed by atoms with van der Waals surface area (Å²) in [5, 5.41) is 0. The van der Waals surface area contributed by atoms with E-state index >= 15 is 0 Å². The Morgan fingerprint density at radius 2 is 1.60 bits per heavy atom. The molecule has 0 aliphatic carbocycles. The molecule has 0 aromatic heterocycles. The molecule has 0 spiro atoms. The van der Waals surface area contributed by atoms with Crippen molar-refractivity contribution < 1.29 is 57.1 Å². The molecule has 0 radical (unpaired) electrons. The van der Waals surface area contributed by atoms with Crippen LogP contribution in [0.4, 0.5) is 9.59 Å². The lowest BCUT2D eigenvalue weighted by atomic mass is 9.78. The Balaban J connectivity index is 1.82. The topological polar surface area (TPSA) is 208 Å². The molecular formula is C46H68N4O12. The lowest BCUT2D eigenvalue weighted by Crippen LogP contribution is -2.61. The van der Waals surface area contributed by atoms with Crippen LogP contribution in [0.25, 0.3) is 0 Å².